The molecule has 0 aliphatic rings. The van der Waals surface area contributed by atoms with Crippen molar-refractivity contribution in [1.29, 1.82) is 0 Å². The van der Waals surface area contributed by atoms with Crippen LogP contribution >= 0.6 is 0 Å². The standard InChI is InChI=1S/C13H21N3O4/c1-8(2)11-15-9(3)10(13(19)16-11)12(18)14-4-6-20-7-5-17/h8,17H,4-7H2,1-3H3,(H,14,18)(H,15,16,19). The highest BCUT2D eigenvalue weighted by atomic mass is 16.5. The van der Waals surface area contributed by atoms with Crippen LogP contribution in [0.4, 0.5) is 0 Å². The number of ether oxygens (including phenoxy) is 1. The van der Waals surface area contributed by atoms with Crippen LogP contribution in [-0.2, 0) is 4.74 Å². The second-order valence-electron chi connectivity index (χ2n) is 4.66. The number of hydrogen-bond acceptors (Lipinski definition) is 5. The number of hydrogen-bond donors (Lipinski definition) is 3. The van der Waals surface area contributed by atoms with Crippen LogP contribution in [-0.4, -0.2) is 47.3 Å². The second-order valence-corrected chi connectivity index (χ2v) is 4.66. The molecule has 0 bridgehead atoms. The number of carbonyl (C=O) groups is 1. The topological polar surface area (TPSA) is 104 Å². The smallest absolute Gasteiger partial charge is 0.264 e. The Morgan fingerprint density at radius 1 is 1.45 bits per heavy atom. The van der Waals surface area contributed by atoms with Crippen LogP contribution in [0.25, 0.3) is 0 Å². The highest BCUT2D eigenvalue weighted by Gasteiger charge is 2.16. The summed E-state index contributed by atoms with van der Waals surface area (Å²) in [4.78, 5) is 30.7. The van der Waals surface area contributed by atoms with Gasteiger partial charge in [-0.1, -0.05) is 13.8 Å². The van der Waals surface area contributed by atoms with Gasteiger partial charge >= 0.3 is 0 Å². The van der Waals surface area contributed by atoms with Gasteiger partial charge in [-0.3, -0.25) is 9.59 Å². The summed E-state index contributed by atoms with van der Waals surface area (Å²) in [5.41, 5.74) is -0.00207. The molecule has 1 heterocycles. The molecule has 3 N–H and O–H groups in total. The van der Waals surface area contributed by atoms with Crippen LogP contribution in [0.1, 0.15) is 41.6 Å². The Kier molecular flexibility index (Phi) is 6.33. The number of aliphatic hydroxyl groups is 1. The van der Waals surface area contributed by atoms with E-state index in [9.17, 15) is 9.59 Å². The fourth-order valence-corrected chi connectivity index (χ4v) is 1.64. The van der Waals surface area contributed by atoms with E-state index in [2.05, 4.69) is 15.3 Å². The summed E-state index contributed by atoms with van der Waals surface area (Å²) in [5.74, 6) is 0.180. The first-order chi connectivity index (χ1) is 9.47. The van der Waals surface area contributed by atoms with Crippen molar-refractivity contribution in [1.82, 2.24) is 15.3 Å². The number of aromatic amines is 1. The monoisotopic (exact) mass is 283 g/mol. The normalized spacial score (nSPS) is 10.8. The Bertz CT molecular complexity index is 511. The number of aromatic nitrogens is 2. The van der Waals surface area contributed by atoms with Gasteiger partial charge in [0.2, 0.25) is 0 Å². The Hall–Kier alpha value is -1.73. The van der Waals surface area contributed by atoms with E-state index in [1.54, 1.807) is 6.92 Å². The molecule has 1 aromatic heterocycles. The van der Waals surface area contributed by atoms with E-state index in [1.165, 1.54) is 0 Å². The molecule has 0 spiro atoms. The van der Waals surface area contributed by atoms with Gasteiger partial charge in [-0.15, -0.1) is 0 Å². The van der Waals surface area contributed by atoms with Crippen molar-refractivity contribution < 1.29 is 14.6 Å². The molecule has 0 aliphatic carbocycles. The minimum Gasteiger partial charge on any atom is -0.394 e. The van der Waals surface area contributed by atoms with Crippen molar-refractivity contribution >= 4 is 5.91 Å². The number of nitrogens with zero attached hydrogens (tertiary/aromatic N) is 1. The lowest BCUT2D eigenvalue weighted by Gasteiger charge is -2.10. The Morgan fingerprint density at radius 3 is 2.70 bits per heavy atom. The molecule has 0 aliphatic heterocycles. The third kappa shape index (κ3) is 4.43. The van der Waals surface area contributed by atoms with Gasteiger partial charge in [0.25, 0.3) is 11.5 Å². The Balaban J connectivity index is 2.71. The van der Waals surface area contributed by atoms with Crippen molar-refractivity contribution in [3.05, 3.63) is 27.4 Å². The van der Waals surface area contributed by atoms with Gasteiger partial charge in [-0.2, -0.15) is 0 Å². The maximum atomic E-state index is 11.9. The molecule has 20 heavy (non-hydrogen) atoms. The number of amides is 1. The van der Waals surface area contributed by atoms with Gasteiger partial charge in [-0.25, -0.2) is 4.98 Å². The molecule has 0 saturated heterocycles. The van der Waals surface area contributed by atoms with Gasteiger partial charge in [0.05, 0.1) is 25.5 Å². The molecular formula is C13H21N3O4. The lowest BCUT2D eigenvalue weighted by molar-refractivity contribution is 0.0836. The van der Waals surface area contributed by atoms with E-state index in [0.29, 0.717) is 11.5 Å². The molecule has 0 saturated carbocycles. The molecule has 112 valence electrons. The number of carbonyl (C=O) groups excluding carboxylic acids is 1. The van der Waals surface area contributed by atoms with Gasteiger partial charge in [0.1, 0.15) is 11.4 Å². The van der Waals surface area contributed by atoms with Crippen LogP contribution in [0, 0.1) is 6.92 Å². The number of rotatable bonds is 7. The number of aliphatic hydroxyl groups excluding tert-OH is 1. The minimum atomic E-state index is -0.473. The van der Waals surface area contributed by atoms with Gasteiger partial charge in [-0.05, 0) is 6.92 Å². The Labute approximate surface area is 117 Å². The zero-order valence-corrected chi connectivity index (χ0v) is 12.0. The quantitative estimate of drug-likeness (QED) is 0.608. The van der Waals surface area contributed by atoms with Gasteiger partial charge in [0.15, 0.2) is 0 Å². The first kappa shape index (κ1) is 16.3. The summed E-state index contributed by atoms with van der Waals surface area (Å²) in [5, 5.41) is 11.1. The molecule has 1 aromatic rings. The second kappa shape index (κ2) is 7.76. The number of nitrogens with one attached hydrogen (secondary N) is 2. The molecule has 1 rings (SSSR count). The minimum absolute atomic E-state index is 0.0246. The highest BCUT2D eigenvalue weighted by Crippen LogP contribution is 2.08. The molecular weight excluding hydrogens is 262 g/mol. The third-order valence-electron chi connectivity index (χ3n) is 2.66. The molecule has 0 unspecified atom stereocenters. The Morgan fingerprint density at radius 2 is 2.15 bits per heavy atom. The molecule has 0 atom stereocenters. The molecule has 1 amide bonds. The molecule has 7 nitrogen and oxygen atoms in total. The van der Waals surface area contributed by atoms with Crippen molar-refractivity contribution in [3.8, 4) is 0 Å². The summed E-state index contributed by atoms with van der Waals surface area (Å²) < 4.78 is 5.01. The first-order valence-corrected chi connectivity index (χ1v) is 6.55. The van der Waals surface area contributed by atoms with Crippen molar-refractivity contribution in [2.75, 3.05) is 26.4 Å². The predicted molar refractivity (Wildman–Crippen MR) is 73.9 cm³/mol. The lowest BCUT2D eigenvalue weighted by atomic mass is 10.1. The van der Waals surface area contributed by atoms with Crippen LogP contribution < -0.4 is 10.9 Å². The zero-order chi connectivity index (χ0) is 15.1. The van der Waals surface area contributed by atoms with E-state index in [4.69, 9.17) is 9.84 Å². The van der Waals surface area contributed by atoms with E-state index in [1.807, 2.05) is 13.8 Å². The van der Waals surface area contributed by atoms with Crippen molar-refractivity contribution in [2.45, 2.75) is 26.7 Å². The zero-order valence-electron chi connectivity index (χ0n) is 12.0. The van der Waals surface area contributed by atoms with E-state index in [-0.39, 0.29) is 37.8 Å². The van der Waals surface area contributed by atoms with Crippen molar-refractivity contribution in [2.24, 2.45) is 0 Å². The number of aryl methyl sites for hydroxylation is 1. The summed E-state index contributed by atoms with van der Waals surface area (Å²) in [6.07, 6.45) is 0. The molecule has 7 heteroatoms. The van der Waals surface area contributed by atoms with E-state index >= 15 is 0 Å². The maximum absolute atomic E-state index is 11.9. The van der Waals surface area contributed by atoms with Crippen LogP contribution in [0.5, 0.6) is 0 Å². The summed E-state index contributed by atoms with van der Waals surface area (Å²) in [6, 6.07) is 0. The fraction of sp³-hybridized carbons (Fsp3) is 0.615. The first-order valence-electron chi connectivity index (χ1n) is 6.55. The van der Waals surface area contributed by atoms with Crippen LogP contribution in [0.2, 0.25) is 0 Å². The van der Waals surface area contributed by atoms with E-state index in [0.717, 1.165) is 0 Å². The largest absolute Gasteiger partial charge is 0.394 e. The summed E-state index contributed by atoms with van der Waals surface area (Å²) in [7, 11) is 0. The number of H-pyrrole nitrogens is 1. The van der Waals surface area contributed by atoms with Crippen LogP contribution in [0.3, 0.4) is 0 Å². The average Bonchev–Trinajstić information content (AvgIpc) is 2.37. The maximum Gasteiger partial charge on any atom is 0.264 e. The van der Waals surface area contributed by atoms with E-state index < -0.39 is 11.5 Å². The molecule has 0 aromatic carbocycles. The molecule has 0 radical (unpaired) electrons. The van der Waals surface area contributed by atoms with Gasteiger partial charge in [0, 0.05) is 12.5 Å². The third-order valence-corrected chi connectivity index (χ3v) is 2.66. The summed E-state index contributed by atoms with van der Waals surface area (Å²) >= 11 is 0. The van der Waals surface area contributed by atoms with Gasteiger partial charge < -0.3 is 20.1 Å². The predicted octanol–water partition coefficient (Wildman–Crippen LogP) is -0.0596. The molecule has 0 fully saturated rings. The SMILES string of the molecule is Cc1nc(C(C)C)[nH]c(=O)c1C(=O)NCCOCCO. The summed E-state index contributed by atoms with van der Waals surface area (Å²) in [6.45, 7) is 6.17. The van der Waals surface area contributed by atoms with Crippen molar-refractivity contribution in [3.63, 3.8) is 0 Å². The lowest BCUT2D eigenvalue weighted by Crippen LogP contribution is -2.34. The highest BCUT2D eigenvalue weighted by molar-refractivity contribution is 5.94. The fourth-order valence-electron chi connectivity index (χ4n) is 1.64. The average molecular weight is 283 g/mol. The van der Waals surface area contributed by atoms with Crippen LogP contribution in [0.15, 0.2) is 4.79 Å².